The first-order valence-electron chi connectivity index (χ1n) is 5.16. The minimum Gasteiger partial charge on any atom is -0.314 e. The molecule has 1 aliphatic rings. The van der Waals surface area contributed by atoms with Gasteiger partial charge in [0.05, 0.1) is 0 Å². The largest absolute Gasteiger partial charge is 0.314 e. The van der Waals surface area contributed by atoms with Gasteiger partial charge < -0.3 is 10.6 Å². The van der Waals surface area contributed by atoms with E-state index in [9.17, 15) is 0 Å². The van der Waals surface area contributed by atoms with Gasteiger partial charge in [-0.05, 0) is 13.8 Å². The molecule has 1 fully saturated rings. The van der Waals surface area contributed by atoms with Gasteiger partial charge in [0, 0.05) is 25.2 Å². The molecule has 0 aromatic rings. The van der Waals surface area contributed by atoms with Crippen LogP contribution in [0.1, 0.15) is 41.5 Å². The second kappa shape index (κ2) is 9.01. The Morgan fingerprint density at radius 3 is 1.58 bits per heavy atom. The Bertz CT molecular complexity index is 71.9. The molecule has 0 bridgehead atoms. The number of nitrogens with one attached hydrogen (secondary N) is 2. The molecule has 0 amide bonds. The Morgan fingerprint density at radius 1 is 0.917 bits per heavy atom. The summed E-state index contributed by atoms with van der Waals surface area (Å²) in [6, 6.07) is 0. The van der Waals surface area contributed by atoms with Crippen molar-refractivity contribution in [2.75, 3.05) is 19.6 Å². The van der Waals surface area contributed by atoms with E-state index in [1.807, 2.05) is 27.7 Å². The van der Waals surface area contributed by atoms with Gasteiger partial charge in [-0.2, -0.15) is 0 Å². The Labute approximate surface area is 78.1 Å². The summed E-state index contributed by atoms with van der Waals surface area (Å²) in [7, 11) is 0. The van der Waals surface area contributed by atoms with Crippen LogP contribution in [0.3, 0.4) is 0 Å². The van der Waals surface area contributed by atoms with Gasteiger partial charge in [-0.15, -0.1) is 0 Å². The lowest BCUT2D eigenvalue weighted by Crippen LogP contribution is -2.55. The molecule has 2 N–H and O–H groups in total. The standard InChI is InChI=1S/C6H14N2.2C2H6/c1-6(2)5-7-3-4-8-6;2*1-2/h7-8H,3-5H2,1-2H3;2*1-2H3. The topological polar surface area (TPSA) is 24.1 Å². The maximum Gasteiger partial charge on any atom is 0.0250 e. The van der Waals surface area contributed by atoms with Crippen LogP contribution in [0.2, 0.25) is 0 Å². The maximum atomic E-state index is 3.40. The monoisotopic (exact) mass is 174 g/mol. The van der Waals surface area contributed by atoms with Gasteiger partial charge in [0.15, 0.2) is 0 Å². The highest BCUT2D eigenvalue weighted by Gasteiger charge is 2.18. The highest BCUT2D eigenvalue weighted by molar-refractivity contribution is 4.83. The Hall–Kier alpha value is -0.0800. The lowest BCUT2D eigenvalue weighted by molar-refractivity contribution is 0.323. The molecule has 0 atom stereocenters. The Balaban J connectivity index is 0. The van der Waals surface area contributed by atoms with Gasteiger partial charge in [-0.1, -0.05) is 27.7 Å². The summed E-state index contributed by atoms with van der Waals surface area (Å²) in [5.74, 6) is 0. The van der Waals surface area contributed by atoms with E-state index < -0.39 is 0 Å². The number of piperazine rings is 1. The van der Waals surface area contributed by atoms with Crippen LogP contribution in [-0.4, -0.2) is 25.2 Å². The van der Waals surface area contributed by atoms with Gasteiger partial charge in [-0.3, -0.25) is 0 Å². The number of hydrogen-bond acceptors (Lipinski definition) is 2. The fraction of sp³-hybridized carbons (Fsp3) is 1.00. The molecule has 2 nitrogen and oxygen atoms in total. The van der Waals surface area contributed by atoms with E-state index in [4.69, 9.17) is 0 Å². The summed E-state index contributed by atoms with van der Waals surface area (Å²) >= 11 is 0. The summed E-state index contributed by atoms with van der Waals surface area (Å²) < 4.78 is 0. The fourth-order valence-electron chi connectivity index (χ4n) is 0.953. The molecule has 12 heavy (non-hydrogen) atoms. The zero-order chi connectivity index (χ0) is 10.0. The molecule has 0 saturated carbocycles. The SMILES string of the molecule is CC.CC.CC1(C)CNCCN1. The summed E-state index contributed by atoms with van der Waals surface area (Å²) in [5.41, 5.74) is 0.318. The fourth-order valence-corrected chi connectivity index (χ4v) is 0.953. The van der Waals surface area contributed by atoms with Crippen LogP contribution in [-0.2, 0) is 0 Å². The van der Waals surface area contributed by atoms with Crippen LogP contribution in [0.5, 0.6) is 0 Å². The summed E-state index contributed by atoms with van der Waals surface area (Å²) in [4.78, 5) is 0. The first-order valence-corrected chi connectivity index (χ1v) is 5.16. The normalized spacial score (nSPS) is 19.5. The summed E-state index contributed by atoms with van der Waals surface area (Å²) in [5, 5.41) is 6.71. The molecule has 1 aliphatic heterocycles. The second-order valence-corrected chi connectivity index (χ2v) is 2.99. The van der Waals surface area contributed by atoms with E-state index in [1.54, 1.807) is 0 Å². The van der Waals surface area contributed by atoms with E-state index >= 15 is 0 Å². The van der Waals surface area contributed by atoms with Gasteiger partial charge in [0.2, 0.25) is 0 Å². The molecule has 0 aromatic heterocycles. The molecule has 0 aromatic carbocycles. The van der Waals surface area contributed by atoms with Crippen molar-refractivity contribution in [2.24, 2.45) is 0 Å². The molecule has 2 heteroatoms. The molecule has 1 heterocycles. The van der Waals surface area contributed by atoms with Gasteiger partial charge in [0.25, 0.3) is 0 Å². The summed E-state index contributed by atoms with van der Waals surface area (Å²) in [6.07, 6.45) is 0. The summed E-state index contributed by atoms with van der Waals surface area (Å²) in [6.45, 7) is 15.7. The minimum absolute atomic E-state index is 0.318. The molecular weight excluding hydrogens is 148 g/mol. The van der Waals surface area contributed by atoms with Crippen LogP contribution >= 0.6 is 0 Å². The molecule has 1 rings (SSSR count). The van der Waals surface area contributed by atoms with Crippen LogP contribution < -0.4 is 10.6 Å². The van der Waals surface area contributed by atoms with Gasteiger partial charge in [-0.25, -0.2) is 0 Å². The lowest BCUT2D eigenvalue weighted by Gasteiger charge is -2.31. The predicted octanol–water partition coefficient (Wildman–Crippen LogP) is 2.01. The Morgan fingerprint density at radius 2 is 1.42 bits per heavy atom. The second-order valence-electron chi connectivity index (χ2n) is 2.99. The third-order valence-corrected chi connectivity index (χ3v) is 1.47. The predicted molar refractivity (Wildman–Crippen MR) is 57.6 cm³/mol. The van der Waals surface area contributed by atoms with Crippen LogP contribution in [0, 0.1) is 0 Å². The lowest BCUT2D eigenvalue weighted by atomic mass is 10.0. The first kappa shape index (κ1) is 14.4. The van der Waals surface area contributed by atoms with Crippen LogP contribution in [0.15, 0.2) is 0 Å². The van der Waals surface area contributed by atoms with Crippen molar-refractivity contribution in [3.05, 3.63) is 0 Å². The van der Waals surface area contributed by atoms with Crippen molar-refractivity contribution >= 4 is 0 Å². The molecule has 76 valence electrons. The van der Waals surface area contributed by atoms with Crippen molar-refractivity contribution in [1.82, 2.24) is 10.6 Å². The van der Waals surface area contributed by atoms with Crippen molar-refractivity contribution in [3.8, 4) is 0 Å². The minimum atomic E-state index is 0.318. The average Bonchev–Trinajstić information content (AvgIpc) is 2.11. The third kappa shape index (κ3) is 8.02. The van der Waals surface area contributed by atoms with Crippen molar-refractivity contribution in [3.63, 3.8) is 0 Å². The van der Waals surface area contributed by atoms with E-state index in [0.29, 0.717) is 5.54 Å². The van der Waals surface area contributed by atoms with Gasteiger partial charge >= 0.3 is 0 Å². The Kier molecular flexibility index (Phi) is 10.8. The third-order valence-electron chi connectivity index (χ3n) is 1.47. The number of hydrogen-bond donors (Lipinski definition) is 2. The maximum absolute atomic E-state index is 3.40. The van der Waals surface area contributed by atoms with E-state index in [-0.39, 0.29) is 0 Å². The van der Waals surface area contributed by atoms with Crippen LogP contribution in [0.25, 0.3) is 0 Å². The smallest absolute Gasteiger partial charge is 0.0250 e. The number of rotatable bonds is 0. The molecule has 0 unspecified atom stereocenters. The quantitative estimate of drug-likeness (QED) is 0.587. The van der Waals surface area contributed by atoms with E-state index in [0.717, 1.165) is 19.6 Å². The van der Waals surface area contributed by atoms with Crippen molar-refractivity contribution < 1.29 is 0 Å². The molecular formula is C10H26N2. The highest BCUT2D eigenvalue weighted by atomic mass is 15.1. The molecule has 1 saturated heterocycles. The van der Waals surface area contributed by atoms with E-state index in [2.05, 4.69) is 24.5 Å². The zero-order valence-corrected chi connectivity index (χ0v) is 9.62. The van der Waals surface area contributed by atoms with Gasteiger partial charge in [0.1, 0.15) is 0 Å². The molecule has 0 spiro atoms. The first-order chi connectivity index (χ1) is 5.71. The molecule has 0 radical (unpaired) electrons. The van der Waals surface area contributed by atoms with Crippen molar-refractivity contribution in [1.29, 1.82) is 0 Å². The van der Waals surface area contributed by atoms with Crippen molar-refractivity contribution in [2.45, 2.75) is 47.1 Å². The molecule has 0 aliphatic carbocycles. The average molecular weight is 174 g/mol. The highest BCUT2D eigenvalue weighted by Crippen LogP contribution is 2.00. The van der Waals surface area contributed by atoms with E-state index in [1.165, 1.54) is 0 Å². The zero-order valence-electron chi connectivity index (χ0n) is 9.62. The van der Waals surface area contributed by atoms with Crippen LogP contribution in [0.4, 0.5) is 0 Å².